The van der Waals surface area contributed by atoms with Crippen LogP contribution in [0.2, 0.25) is 0 Å². The fourth-order valence-electron chi connectivity index (χ4n) is 1.72. The summed E-state index contributed by atoms with van der Waals surface area (Å²) < 4.78 is 0. The highest BCUT2D eigenvalue weighted by atomic mass is 16.2. The Balaban J connectivity index is 2.06. The third-order valence-electron chi connectivity index (χ3n) is 2.81. The maximum Gasteiger partial charge on any atom is 0.272 e. The van der Waals surface area contributed by atoms with Crippen molar-refractivity contribution in [2.75, 3.05) is 0 Å². The molecule has 2 heterocycles. The molecule has 0 radical (unpaired) electrons. The zero-order valence-corrected chi connectivity index (χ0v) is 10.5. The van der Waals surface area contributed by atoms with Gasteiger partial charge in [-0.2, -0.15) is 5.10 Å². The van der Waals surface area contributed by atoms with Gasteiger partial charge < -0.3 is 10.3 Å². The van der Waals surface area contributed by atoms with Crippen LogP contribution in [0, 0.1) is 0 Å². The third kappa shape index (κ3) is 2.58. The summed E-state index contributed by atoms with van der Waals surface area (Å²) in [5.74, 6) is 0.575. The lowest BCUT2D eigenvalue weighted by Gasteiger charge is -2.13. The van der Waals surface area contributed by atoms with Crippen molar-refractivity contribution in [2.24, 2.45) is 0 Å². The minimum absolute atomic E-state index is 0.116. The molecule has 0 saturated heterocycles. The van der Waals surface area contributed by atoms with Gasteiger partial charge in [0.2, 0.25) is 0 Å². The van der Waals surface area contributed by atoms with Crippen molar-refractivity contribution in [1.82, 2.24) is 25.5 Å². The normalized spacial score (nSPS) is 12.3. The molecule has 96 valence electrons. The fourth-order valence-corrected chi connectivity index (χ4v) is 1.72. The molecule has 0 spiro atoms. The zero-order chi connectivity index (χ0) is 13.0. The summed E-state index contributed by atoms with van der Waals surface area (Å²) in [6.45, 7) is 4.00. The van der Waals surface area contributed by atoms with E-state index < -0.39 is 0 Å². The number of rotatable bonds is 5. The van der Waals surface area contributed by atoms with Crippen LogP contribution in [0.4, 0.5) is 0 Å². The lowest BCUT2D eigenvalue weighted by molar-refractivity contribution is 0.0929. The van der Waals surface area contributed by atoms with Gasteiger partial charge >= 0.3 is 0 Å². The van der Waals surface area contributed by atoms with Crippen LogP contribution in [0.1, 0.15) is 48.3 Å². The molecule has 0 saturated carbocycles. The van der Waals surface area contributed by atoms with Gasteiger partial charge in [0, 0.05) is 18.1 Å². The number of aromatic nitrogens is 4. The van der Waals surface area contributed by atoms with Crippen LogP contribution >= 0.6 is 0 Å². The van der Waals surface area contributed by atoms with Crippen LogP contribution in [0.25, 0.3) is 0 Å². The molecular weight excluding hydrogens is 230 g/mol. The highest BCUT2D eigenvalue weighted by Gasteiger charge is 2.17. The number of hydrogen-bond donors (Lipinski definition) is 3. The maximum atomic E-state index is 12.0. The Bertz CT molecular complexity index is 502. The van der Waals surface area contributed by atoms with E-state index in [1.807, 2.05) is 13.8 Å². The second-order valence-electron chi connectivity index (χ2n) is 4.04. The lowest BCUT2D eigenvalue weighted by atomic mass is 10.2. The van der Waals surface area contributed by atoms with Crippen molar-refractivity contribution in [3.05, 3.63) is 35.7 Å². The molecule has 0 aliphatic heterocycles. The Morgan fingerprint density at radius 3 is 2.89 bits per heavy atom. The van der Waals surface area contributed by atoms with E-state index in [2.05, 4.69) is 25.5 Å². The summed E-state index contributed by atoms with van der Waals surface area (Å²) in [5, 5.41) is 9.72. The van der Waals surface area contributed by atoms with Crippen LogP contribution < -0.4 is 5.32 Å². The summed E-state index contributed by atoms with van der Waals surface area (Å²) in [7, 11) is 0. The van der Waals surface area contributed by atoms with Gasteiger partial charge in [-0.25, -0.2) is 4.98 Å². The number of aryl methyl sites for hydroxylation is 1. The summed E-state index contributed by atoms with van der Waals surface area (Å²) >= 11 is 0. The molecular formula is C12H17N5O. The summed E-state index contributed by atoms with van der Waals surface area (Å²) in [5.41, 5.74) is 1.36. The van der Waals surface area contributed by atoms with Gasteiger partial charge in [-0.05, 0) is 18.9 Å². The minimum Gasteiger partial charge on any atom is -0.347 e. The van der Waals surface area contributed by atoms with Gasteiger partial charge in [0.25, 0.3) is 5.91 Å². The Morgan fingerprint density at radius 1 is 1.50 bits per heavy atom. The van der Waals surface area contributed by atoms with Crippen molar-refractivity contribution < 1.29 is 4.79 Å². The van der Waals surface area contributed by atoms with Crippen molar-refractivity contribution in [1.29, 1.82) is 0 Å². The smallest absolute Gasteiger partial charge is 0.272 e. The van der Waals surface area contributed by atoms with Crippen molar-refractivity contribution in [3.8, 4) is 0 Å². The van der Waals surface area contributed by atoms with Gasteiger partial charge in [-0.15, -0.1) is 0 Å². The molecule has 0 unspecified atom stereocenters. The summed E-state index contributed by atoms with van der Waals surface area (Å²) in [6.07, 6.45) is 5.02. The van der Waals surface area contributed by atoms with E-state index in [4.69, 9.17) is 0 Å². The van der Waals surface area contributed by atoms with E-state index >= 15 is 0 Å². The Morgan fingerprint density at radius 2 is 2.33 bits per heavy atom. The predicted octanol–water partition coefficient (Wildman–Crippen LogP) is 1.58. The Labute approximate surface area is 105 Å². The largest absolute Gasteiger partial charge is 0.347 e. The molecule has 1 amide bonds. The van der Waals surface area contributed by atoms with Crippen molar-refractivity contribution in [3.63, 3.8) is 0 Å². The number of nitrogens with one attached hydrogen (secondary N) is 3. The Kier molecular flexibility index (Phi) is 3.76. The molecule has 0 aromatic carbocycles. The quantitative estimate of drug-likeness (QED) is 0.749. The van der Waals surface area contributed by atoms with Crippen LogP contribution in [0.5, 0.6) is 0 Å². The molecule has 0 aliphatic carbocycles. The number of hydrogen-bond acceptors (Lipinski definition) is 3. The van der Waals surface area contributed by atoms with Gasteiger partial charge in [0.1, 0.15) is 11.5 Å². The predicted molar refractivity (Wildman–Crippen MR) is 67.1 cm³/mol. The molecule has 6 heteroatoms. The number of carbonyl (C=O) groups excluding carboxylic acids is 1. The fraction of sp³-hybridized carbons (Fsp3) is 0.417. The van der Waals surface area contributed by atoms with Crippen LogP contribution in [-0.4, -0.2) is 26.1 Å². The molecule has 0 aliphatic rings. The molecule has 2 aromatic heterocycles. The first-order valence-electron chi connectivity index (χ1n) is 6.09. The number of H-pyrrole nitrogens is 2. The molecule has 1 atom stereocenters. The zero-order valence-electron chi connectivity index (χ0n) is 10.5. The number of aromatic amines is 2. The number of amides is 1. The van der Waals surface area contributed by atoms with E-state index in [-0.39, 0.29) is 11.9 Å². The van der Waals surface area contributed by atoms with Crippen LogP contribution in [0.3, 0.4) is 0 Å². The highest BCUT2D eigenvalue weighted by Crippen LogP contribution is 2.12. The van der Waals surface area contributed by atoms with Gasteiger partial charge in [0.05, 0.1) is 6.04 Å². The number of carbonyl (C=O) groups is 1. The summed E-state index contributed by atoms with van der Waals surface area (Å²) in [4.78, 5) is 19.2. The van der Waals surface area contributed by atoms with E-state index in [9.17, 15) is 4.79 Å². The molecule has 18 heavy (non-hydrogen) atoms. The second kappa shape index (κ2) is 5.48. The van der Waals surface area contributed by atoms with Crippen molar-refractivity contribution >= 4 is 5.91 Å². The molecule has 0 fully saturated rings. The topological polar surface area (TPSA) is 86.5 Å². The summed E-state index contributed by atoms with van der Waals surface area (Å²) in [6, 6.07) is 1.65. The van der Waals surface area contributed by atoms with E-state index in [0.717, 1.165) is 24.4 Å². The first-order valence-corrected chi connectivity index (χ1v) is 6.09. The standard InChI is InChI=1S/C12H17N5O/c1-3-8-7-10(17-16-8)12(18)15-9(4-2)11-13-5-6-14-11/h5-7,9H,3-4H2,1-2H3,(H,13,14)(H,15,18)(H,16,17)/t9-/m1/s1. The van der Waals surface area contributed by atoms with E-state index in [0.29, 0.717) is 5.69 Å². The molecule has 0 bridgehead atoms. The lowest BCUT2D eigenvalue weighted by Crippen LogP contribution is -2.29. The monoisotopic (exact) mass is 247 g/mol. The minimum atomic E-state index is -0.186. The molecule has 6 nitrogen and oxygen atoms in total. The first kappa shape index (κ1) is 12.3. The van der Waals surface area contributed by atoms with Gasteiger partial charge in [-0.1, -0.05) is 13.8 Å². The average molecular weight is 247 g/mol. The van der Waals surface area contributed by atoms with Gasteiger partial charge in [0.15, 0.2) is 0 Å². The van der Waals surface area contributed by atoms with E-state index in [1.165, 1.54) is 0 Å². The first-order chi connectivity index (χ1) is 8.74. The van der Waals surface area contributed by atoms with Gasteiger partial charge in [-0.3, -0.25) is 9.89 Å². The maximum absolute atomic E-state index is 12.0. The number of nitrogens with zero attached hydrogens (tertiary/aromatic N) is 2. The Hall–Kier alpha value is -2.11. The average Bonchev–Trinajstić information content (AvgIpc) is 3.05. The highest BCUT2D eigenvalue weighted by molar-refractivity contribution is 5.92. The third-order valence-corrected chi connectivity index (χ3v) is 2.81. The molecule has 2 aromatic rings. The molecule has 2 rings (SSSR count). The number of imidazole rings is 1. The molecule has 3 N–H and O–H groups in total. The van der Waals surface area contributed by atoms with Crippen LogP contribution in [0.15, 0.2) is 18.5 Å². The van der Waals surface area contributed by atoms with Crippen LogP contribution in [-0.2, 0) is 6.42 Å². The van der Waals surface area contributed by atoms with E-state index in [1.54, 1.807) is 18.5 Å². The SMILES string of the molecule is CCc1cc(C(=O)N[C@H](CC)c2ncc[nH]2)n[nH]1. The second-order valence-corrected chi connectivity index (χ2v) is 4.04. The van der Waals surface area contributed by atoms with Crippen molar-refractivity contribution in [2.45, 2.75) is 32.7 Å².